The lowest BCUT2D eigenvalue weighted by atomic mass is 10.00. The van der Waals surface area contributed by atoms with Gasteiger partial charge in [-0.05, 0) is 52.6 Å². The molecule has 0 bridgehead atoms. The molecule has 0 aliphatic rings. The number of hydrogen-bond donors (Lipinski definition) is 0. The van der Waals surface area contributed by atoms with Crippen LogP contribution < -0.4 is 0 Å². The Morgan fingerprint density at radius 1 is 0.808 bits per heavy atom. The molecule has 2 heteroatoms. The van der Waals surface area contributed by atoms with Crippen molar-refractivity contribution in [1.29, 1.82) is 0 Å². The van der Waals surface area contributed by atoms with Crippen LogP contribution >= 0.6 is 0 Å². The number of benzene rings is 3. The molecule has 0 aliphatic heterocycles. The second-order valence-corrected chi connectivity index (χ2v) is 7.10. The van der Waals surface area contributed by atoms with Crippen LogP contribution in [0, 0.1) is 0 Å². The number of furan rings is 1. The summed E-state index contributed by atoms with van der Waals surface area (Å²) >= 11 is 0. The van der Waals surface area contributed by atoms with Crippen LogP contribution in [-0.4, -0.2) is 4.98 Å². The summed E-state index contributed by atoms with van der Waals surface area (Å²) in [5, 5.41) is 4.81. The van der Waals surface area contributed by atoms with Crippen LogP contribution in [0.2, 0.25) is 0 Å². The zero-order chi connectivity index (χ0) is 17.7. The van der Waals surface area contributed by atoms with Gasteiger partial charge in [-0.3, -0.25) is 4.98 Å². The minimum Gasteiger partial charge on any atom is -0.456 e. The summed E-state index contributed by atoms with van der Waals surface area (Å²) in [6, 6.07) is 23.3. The van der Waals surface area contributed by atoms with E-state index in [1.807, 2.05) is 6.20 Å². The van der Waals surface area contributed by atoms with E-state index in [9.17, 15) is 0 Å². The molecule has 2 aromatic heterocycles. The van der Waals surface area contributed by atoms with Gasteiger partial charge in [0.2, 0.25) is 0 Å². The molecule has 0 fully saturated rings. The fourth-order valence-electron chi connectivity index (χ4n) is 3.67. The molecule has 2 nitrogen and oxygen atoms in total. The van der Waals surface area contributed by atoms with Crippen molar-refractivity contribution in [3.8, 4) is 11.3 Å². The number of nitrogens with zero attached hydrogens (tertiary/aromatic N) is 1. The van der Waals surface area contributed by atoms with Crippen molar-refractivity contribution in [3.63, 3.8) is 0 Å². The fraction of sp³-hybridized carbons (Fsp3) is 0.125. The SMILES string of the molecule is CC(C)c1ccnc(-c2ccc3c(c2)oc2ccc4ccccc4c23)c1. The summed E-state index contributed by atoms with van der Waals surface area (Å²) in [5.41, 5.74) is 5.21. The highest BCUT2D eigenvalue weighted by Gasteiger charge is 2.12. The molecule has 5 aromatic rings. The minimum absolute atomic E-state index is 0.484. The molecular weight excluding hydrogens is 318 g/mol. The van der Waals surface area contributed by atoms with Gasteiger partial charge in [0.25, 0.3) is 0 Å². The second kappa shape index (κ2) is 5.70. The molecule has 0 amide bonds. The van der Waals surface area contributed by atoms with E-state index < -0.39 is 0 Å². The summed E-state index contributed by atoms with van der Waals surface area (Å²) in [7, 11) is 0. The zero-order valence-electron chi connectivity index (χ0n) is 14.9. The first-order valence-electron chi connectivity index (χ1n) is 9.01. The minimum atomic E-state index is 0.484. The van der Waals surface area contributed by atoms with Crippen LogP contribution in [-0.2, 0) is 0 Å². The van der Waals surface area contributed by atoms with E-state index in [1.165, 1.54) is 21.7 Å². The lowest BCUT2D eigenvalue weighted by Crippen LogP contribution is -1.90. The number of rotatable bonds is 2. The first-order chi connectivity index (χ1) is 12.7. The summed E-state index contributed by atoms with van der Waals surface area (Å²) < 4.78 is 6.17. The third kappa shape index (κ3) is 2.30. The van der Waals surface area contributed by atoms with Crippen molar-refractivity contribution < 1.29 is 4.42 Å². The quantitative estimate of drug-likeness (QED) is 0.349. The molecule has 3 aromatic carbocycles. The largest absolute Gasteiger partial charge is 0.456 e. The highest BCUT2D eigenvalue weighted by molar-refractivity contribution is 6.19. The van der Waals surface area contributed by atoms with Gasteiger partial charge < -0.3 is 4.42 Å². The Hall–Kier alpha value is -3.13. The van der Waals surface area contributed by atoms with Gasteiger partial charge in [-0.2, -0.15) is 0 Å². The number of hydrogen-bond acceptors (Lipinski definition) is 2. The van der Waals surface area contributed by atoms with E-state index in [-0.39, 0.29) is 0 Å². The maximum atomic E-state index is 6.17. The van der Waals surface area contributed by atoms with Crippen molar-refractivity contribution in [3.05, 3.63) is 78.5 Å². The Morgan fingerprint density at radius 3 is 2.58 bits per heavy atom. The first kappa shape index (κ1) is 15.2. The van der Waals surface area contributed by atoms with Gasteiger partial charge in [-0.1, -0.05) is 50.2 Å². The molecular formula is C24H19NO. The molecule has 0 N–H and O–H groups in total. The highest BCUT2D eigenvalue weighted by Crippen LogP contribution is 2.36. The smallest absolute Gasteiger partial charge is 0.136 e. The molecule has 0 saturated carbocycles. The van der Waals surface area contributed by atoms with Crippen molar-refractivity contribution in [2.45, 2.75) is 19.8 Å². The molecule has 0 aliphatic carbocycles. The molecule has 26 heavy (non-hydrogen) atoms. The van der Waals surface area contributed by atoms with Gasteiger partial charge in [0.1, 0.15) is 11.2 Å². The number of fused-ring (bicyclic) bond motifs is 5. The monoisotopic (exact) mass is 337 g/mol. The Balaban J connectivity index is 1.75. The second-order valence-electron chi connectivity index (χ2n) is 7.10. The van der Waals surface area contributed by atoms with E-state index in [4.69, 9.17) is 4.42 Å². The number of pyridine rings is 1. The maximum Gasteiger partial charge on any atom is 0.136 e. The normalized spacial score (nSPS) is 11.8. The van der Waals surface area contributed by atoms with Crippen LogP contribution in [0.5, 0.6) is 0 Å². The molecule has 0 saturated heterocycles. The third-order valence-electron chi connectivity index (χ3n) is 5.11. The summed E-state index contributed by atoms with van der Waals surface area (Å²) in [6.45, 7) is 4.40. The van der Waals surface area contributed by atoms with E-state index in [0.717, 1.165) is 27.8 Å². The molecule has 0 spiro atoms. The van der Waals surface area contributed by atoms with Gasteiger partial charge in [0.15, 0.2) is 0 Å². The molecule has 0 unspecified atom stereocenters. The van der Waals surface area contributed by atoms with Gasteiger partial charge in [0.05, 0.1) is 5.69 Å². The van der Waals surface area contributed by atoms with Crippen LogP contribution in [0.3, 0.4) is 0 Å². The average Bonchev–Trinajstić information content (AvgIpc) is 3.06. The van der Waals surface area contributed by atoms with Crippen molar-refractivity contribution in [1.82, 2.24) is 4.98 Å². The van der Waals surface area contributed by atoms with Gasteiger partial charge in [0, 0.05) is 22.5 Å². The Labute approximate surface area is 152 Å². The van der Waals surface area contributed by atoms with Crippen molar-refractivity contribution >= 4 is 32.7 Å². The lowest BCUT2D eigenvalue weighted by molar-refractivity contribution is 0.669. The molecule has 2 heterocycles. The fourth-order valence-corrected chi connectivity index (χ4v) is 3.67. The third-order valence-corrected chi connectivity index (χ3v) is 5.11. The van der Waals surface area contributed by atoms with E-state index in [1.54, 1.807) is 0 Å². The number of aromatic nitrogens is 1. The van der Waals surface area contributed by atoms with E-state index in [2.05, 4.69) is 85.6 Å². The summed E-state index contributed by atoms with van der Waals surface area (Å²) in [4.78, 5) is 4.56. The van der Waals surface area contributed by atoms with Crippen molar-refractivity contribution in [2.75, 3.05) is 0 Å². The first-order valence-corrected chi connectivity index (χ1v) is 9.01. The van der Waals surface area contributed by atoms with Gasteiger partial charge in [-0.15, -0.1) is 0 Å². The predicted molar refractivity (Wildman–Crippen MR) is 109 cm³/mol. The molecule has 0 radical (unpaired) electrons. The Bertz CT molecular complexity index is 1260. The molecule has 0 atom stereocenters. The highest BCUT2D eigenvalue weighted by atomic mass is 16.3. The van der Waals surface area contributed by atoms with E-state index in [0.29, 0.717) is 5.92 Å². The summed E-state index contributed by atoms with van der Waals surface area (Å²) in [6.07, 6.45) is 1.89. The average molecular weight is 337 g/mol. The van der Waals surface area contributed by atoms with Crippen molar-refractivity contribution in [2.24, 2.45) is 0 Å². The van der Waals surface area contributed by atoms with Crippen LogP contribution in [0.25, 0.3) is 44.0 Å². The molecule has 5 rings (SSSR count). The van der Waals surface area contributed by atoms with Crippen LogP contribution in [0.1, 0.15) is 25.3 Å². The Kier molecular flexibility index (Phi) is 3.32. The summed E-state index contributed by atoms with van der Waals surface area (Å²) in [5.74, 6) is 0.484. The van der Waals surface area contributed by atoms with Gasteiger partial charge in [-0.25, -0.2) is 0 Å². The maximum absolute atomic E-state index is 6.17. The van der Waals surface area contributed by atoms with Crippen LogP contribution in [0.15, 0.2) is 77.3 Å². The van der Waals surface area contributed by atoms with E-state index >= 15 is 0 Å². The predicted octanol–water partition coefficient (Wildman–Crippen LogP) is 6.92. The Morgan fingerprint density at radius 2 is 1.69 bits per heavy atom. The lowest BCUT2D eigenvalue weighted by Gasteiger charge is -2.07. The van der Waals surface area contributed by atoms with Crippen LogP contribution in [0.4, 0.5) is 0 Å². The molecule has 126 valence electrons. The topological polar surface area (TPSA) is 26.0 Å². The van der Waals surface area contributed by atoms with Gasteiger partial charge >= 0.3 is 0 Å². The zero-order valence-corrected chi connectivity index (χ0v) is 14.9. The standard InChI is InChI=1S/C24H19NO/c1-15(2)17-11-12-25-21(13-17)18-7-9-20-23(14-18)26-22-10-8-16-5-3-4-6-19(16)24(20)22/h3-15H,1-2H3.